The van der Waals surface area contributed by atoms with Gasteiger partial charge in [0.05, 0.1) is 6.10 Å². The van der Waals surface area contributed by atoms with Crippen LogP contribution in [0, 0.1) is 0 Å². The van der Waals surface area contributed by atoms with E-state index in [2.05, 4.69) is 31.0 Å². The Morgan fingerprint density at radius 1 is 1.29 bits per heavy atom. The number of aliphatic hydroxyl groups excluding tert-OH is 1. The summed E-state index contributed by atoms with van der Waals surface area (Å²) in [6, 6.07) is 8.06. The predicted molar refractivity (Wildman–Crippen MR) is 60.6 cm³/mol. The highest BCUT2D eigenvalue weighted by Crippen LogP contribution is 2.18. The van der Waals surface area contributed by atoms with Gasteiger partial charge >= 0.3 is 0 Å². The molecule has 2 nitrogen and oxygen atoms in total. The first kappa shape index (κ1) is 11.1. The normalized spacial score (nSPS) is 12.6. The van der Waals surface area contributed by atoms with Crippen LogP contribution < -0.4 is 4.90 Å². The van der Waals surface area contributed by atoms with Gasteiger partial charge < -0.3 is 10.0 Å². The maximum atomic E-state index is 9.34. The molecule has 1 N–H and O–H groups in total. The predicted octanol–water partition coefficient (Wildman–Crippen LogP) is 2.59. The lowest BCUT2D eigenvalue weighted by atomic mass is 10.1. The van der Waals surface area contributed by atoms with Gasteiger partial charge in [0.15, 0.2) is 0 Å². The van der Waals surface area contributed by atoms with Gasteiger partial charge in [-0.15, -0.1) is 0 Å². The molecule has 1 aromatic carbocycles. The summed E-state index contributed by atoms with van der Waals surface area (Å²) in [7, 11) is 2.08. The number of hydrogen-bond donors (Lipinski definition) is 1. The highest BCUT2D eigenvalue weighted by Gasteiger charge is 2.02. The summed E-state index contributed by atoms with van der Waals surface area (Å²) in [5.41, 5.74) is 2.18. The SMILES string of the molecule is CCCN(C)c1ccc([C@H](C)O)cc1. The molecule has 1 rings (SSSR count). The largest absolute Gasteiger partial charge is 0.389 e. The molecule has 1 aromatic rings. The zero-order valence-electron chi connectivity index (χ0n) is 9.20. The van der Waals surface area contributed by atoms with E-state index in [-0.39, 0.29) is 6.10 Å². The van der Waals surface area contributed by atoms with E-state index in [0.717, 1.165) is 18.5 Å². The lowest BCUT2D eigenvalue weighted by Crippen LogP contribution is -2.17. The fourth-order valence-corrected chi connectivity index (χ4v) is 1.47. The van der Waals surface area contributed by atoms with Crippen molar-refractivity contribution in [3.63, 3.8) is 0 Å². The molecule has 0 fully saturated rings. The Balaban J connectivity index is 2.72. The summed E-state index contributed by atoms with van der Waals surface area (Å²) in [6.07, 6.45) is 0.773. The van der Waals surface area contributed by atoms with Crippen molar-refractivity contribution < 1.29 is 5.11 Å². The second-order valence-corrected chi connectivity index (χ2v) is 3.69. The quantitative estimate of drug-likeness (QED) is 0.794. The maximum Gasteiger partial charge on any atom is 0.0761 e. The molecule has 0 aromatic heterocycles. The number of nitrogens with zero attached hydrogens (tertiary/aromatic N) is 1. The Bertz CT molecular complexity index is 266. The van der Waals surface area contributed by atoms with Crippen LogP contribution in [0.15, 0.2) is 24.3 Å². The second kappa shape index (κ2) is 5.01. The third kappa shape index (κ3) is 2.74. The average molecular weight is 193 g/mol. The summed E-state index contributed by atoms with van der Waals surface area (Å²) < 4.78 is 0. The minimum atomic E-state index is -0.375. The Labute approximate surface area is 86.2 Å². The summed E-state index contributed by atoms with van der Waals surface area (Å²) in [4.78, 5) is 2.21. The Morgan fingerprint density at radius 3 is 2.29 bits per heavy atom. The van der Waals surface area contributed by atoms with E-state index in [9.17, 15) is 5.11 Å². The number of aliphatic hydroxyl groups is 1. The average Bonchev–Trinajstić information content (AvgIpc) is 2.18. The van der Waals surface area contributed by atoms with Crippen LogP contribution in [0.2, 0.25) is 0 Å². The molecule has 14 heavy (non-hydrogen) atoms. The lowest BCUT2D eigenvalue weighted by molar-refractivity contribution is 0.199. The minimum Gasteiger partial charge on any atom is -0.389 e. The van der Waals surface area contributed by atoms with Crippen molar-refractivity contribution in [1.82, 2.24) is 0 Å². The van der Waals surface area contributed by atoms with Gasteiger partial charge in [0.2, 0.25) is 0 Å². The standard InChI is InChI=1S/C12H19NO/c1-4-9-13(3)12-7-5-11(6-8-12)10(2)14/h5-8,10,14H,4,9H2,1-3H3/t10-/m0/s1. The van der Waals surface area contributed by atoms with E-state index in [4.69, 9.17) is 0 Å². The molecule has 2 heteroatoms. The minimum absolute atomic E-state index is 0.375. The smallest absolute Gasteiger partial charge is 0.0761 e. The highest BCUT2D eigenvalue weighted by molar-refractivity contribution is 5.47. The topological polar surface area (TPSA) is 23.5 Å². The Kier molecular flexibility index (Phi) is 3.96. The fraction of sp³-hybridized carbons (Fsp3) is 0.500. The van der Waals surface area contributed by atoms with Crippen LogP contribution in [-0.2, 0) is 0 Å². The molecular formula is C12H19NO. The molecule has 78 valence electrons. The number of rotatable bonds is 4. The first-order valence-corrected chi connectivity index (χ1v) is 5.14. The van der Waals surface area contributed by atoms with Crippen LogP contribution in [0.3, 0.4) is 0 Å². The van der Waals surface area contributed by atoms with Crippen molar-refractivity contribution in [2.75, 3.05) is 18.5 Å². The first-order valence-electron chi connectivity index (χ1n) is 5.14. The zero-order chi connectivity index (χ0) is 10.6. The van der Waals surface area contributed by atoms with Crippen LogP contribution in [0.1, 0.15) is 31.9 Å². The molecule has 0 aliphatic rings. The van der Waals surface area contributed by atoms with Crippen LogP contribution >= 0.6 is 0 Å². The van der Waals surface area contributed by atoms with Gasteiger partial charge in [-0.1, -0.05) is 19.1 Å². The summed E-state index contributed by atoms with van der Waals surface area (Å²) in [5, 5.41) is 9.34. The van der Waals surface area contributed by atoms with Gasteiger partial charge in [0, 0.05) is 19.3 Å². The Hall–Kier alpha value is -1.02. The Morgan fingerprint density at radius 2 is 1.86 bits per heavy atom. The third-order valence-corrected chi connectivity index (χ3v) is 2.38. The summed E-state index contributed by atoms with van der Waals surface area (Å²) in [6.45, 7) is 5.01. The van der Waals surface area contributed by atoms with Gasteiger partial charge in [-0.25, -0.2) is 0 Å². The number of hydrogen-bond acceptors (Lipinski definition) is 2. The first-order chi connectivity index (χ1) is 6.65. The molecule has 0 saturated heterocycles. The van der Waals surface area contributed by atoms with Crippen LogP contribution in [-0.4, -0.2) is 18.7 Å². The zero-order valence-corrected chi connectivity index (χ0v) is 9.20. The molecule has 0 aliphatic heterocycles. The van der Waals surface area contributed by atoms with E-state index in [1.165, 1.54) is 5.69 Å². The van der Waals surface area contributed by atoms with Gasteiger partial charge in [0.1, 0.15) is 0 Å². The molecule has 0 bridgehead atoms. The van der Waals surface area contributed by atoms with Crippen LogP contribution in [0.25, 0.3) is 0 Å². The van der Waals surface area contributed by atoms with Crippen LogP contribution in [0.4, 0.5) is 5.69 Å². The van der Waals surface area contributed by atoms with Crippen LogP contribution in [0.5, 0.6) is 0 Å². The summed E-state index contributed by atoms with van der Waals surface area (Å²) >= 11 is 0. The molecule has 0 unspecified atom stereocenters. The molecular weight excluding hydrogens is 174 g/mol. The number of anilines is 1. The molecule has 0 heterocycles. The molecule has 0 saturated carbocycles. The second-order valence-electron chi connectivity index (χ2n) is 3.69. The van der Waals surface area contributed by atoms with Crippen molar-refractivity contribution in [3.8, 4) is 0 Å². The van der Waals surface area contributed by atoms with Gasteiger partial charge in [-0.2, -0.15) is 0 Å². The number of benzene rings is 1. The van der Waals surface area contributed by atoms with Crippen molar-refractivity contribution in [2.24, 2.45) is 0 Å². The van der Waals surface area contributed by atoms with E-state index in [0.29, 0.717) is 0 Å². The van der Waals surface area contributed by atoms with Crippen molar-refractivity contribution in [2.45, 2.75) is 26.4 Å². The van der Waals surface area contributed by atoms with E-state index >= 15 is 0 Å². The van der Waals surface area contributed by atoms with Crippen molar-refractivity contribution in [1.29, 1.82) is 0 Å². The van der Waals surface area contributed by atoms with E-state index in [1.807, 2.05) is 12.1 Å². The van der Waals surface area contributed by atoms with E-state index in [1.54, 1.807) is 6.92 Å². The van der Waals surface area contributed by atoms with Crippen molar-refractivity contribution in [3.05, 3.63) is 29.8 Å². The molecule has 0 spiro atoms. The third-order valence-electron chi connectivity index (χ3n) is 2.38. The van der Waals surface area contributed by atoms with Crippen molar-refractivity contribution >= 4 is 5.69 Å². The lowest BCUT2D eigenvalue weighted by Gasteiger charge is -2.18. The molecule has 0 amide bonds. The molecule has 1 atom stereocenters. The van der Waals surface area contributed by atoms with E-state index < -0.39 is 0 Å². The highest BCUT2D eigenvalue weighted by atomic mass is 16.3. The fourth-order valence-electron chi connectivity index (χ4n) is 1.47. The van der Waals surface area contributed by atoms with Gasteiger partial charge in [-0.05, 0) is 31.0 Å². The van der Waals surface area contributed by atoms with Gasteiger partial charge in [-0.3, -0.25) is 0 Å². The monoisotopic (exact) mass is 193 g/mol. The van der Waals surface area contributed by atoms with Gasteiger partial charge in [0.25, 0.3) is 0 Å². The molecule has 0 aliphatic carbocycles. The molecule has 0 radical (unpaired) electrons. The maximum absolute atomic E-state index is 9.34. The summed E-state index contributed by atoms with van der Waals surface area (Å²) in [5.74, 6) is 0.